The van der Waals surface area contributed by atoms with Gasteiger partial charge in [-0.05, 0) is 6.04 Å². The van der Waals surface area contributed by atoms with Crippen molar-refractivity contribution >= 4 is 14.8 Å². The number of esters is 1. The molecular weight excluding hydrogens is 156 g/mol. The lowest BCUT2D eigenvalue weighted by Crippen LogP contribution is -2.14. The van der Waals surface area contributed by atoms with Gasteiger partial charge in [0.2, 0.25) is 0 Å². The molecule has 0 aromatic rings. The van der Waals surface area contributed by atoms with Crippen LogP contribution in [0.1, 0.15) is 13.8 Å². The molecular formula is C8H17O2Si. The second kappa shape index (κ2) is 5.35. The molecule has 0 spiro atoms. The van der Waals surface area contributed by atoms with Crippen LogP contribution in [-0.4, -0.2) is 21.4 Å². The minimum absolute atomic E-state index is 0.0133. The van der Waals surface area contributed by atoms with Crippen molar-refractivity contribution in [3.05, 3.63) is 0 Å². The van der Waals surface area contributed by atoms with E-state index in [4.69, 9.17) is 4.74 Å². The van der Waals surface area contributed by atoms with Gasteiger partial charge in [0.1, 0.15) is 0 Å². The summed E-state index contributed by atoms with van der Waals surface area (Å²) in [4.78, 5) is 10.9. The number of carbonyl (C=O) groups is 1. The lowest BCUT2D eigenvalue weighted by Gasteiger charge is -2.07. The van der Waals surface area contributed by atoms with Gasteiger partial charge in [-0.15, -0.1) is 0 Å². The summed E-state index contributed by atoms with van der Waals surface area (Å²) in [5.74, 6) is -0.0624. The zero-order valence-electron chi connectivity index (χ0n) is 7.81. The Morgan fingerprint density at radius 2 is 2.00 bits per heavy atom. The van der Waals surface area contributed by atoms with E-state index in [-0.39, 0.29) is 20.7 Å². The van der Waals surface area contributed by atoms with Crippen LogP contribution in [0.25, 0.3) is 0 Å². The van der Waals surface area contributed by atoms with Crippen LogP contribution in [0.15, 0.2) is 0 Å². The molecule has 0 aliphatic rings. The Labute approximate surface area is 70.5 Å². The van der Waals surface area contributed by atoms with E-state index >= 15 is 0 Å². The molecule has 0 aliphatic carbocycles. The van der Waals surface area contributed by atoms with E-state index in [1.807, 2.05) is 13.8 Å². The van der Waals surface area contributed by atoms with E-state index in [1.54, 1.807) is 0 Å². The number of hydrogen-bond acceptors (Lipinski definition) is 2. The van der Waals surface area contributed by atoms with Gasteiger partial charge in [0, 0.05) is 8.80 Å². The van der Waals surface area contributed by atoms with Crippen LogP contribution in [0.2, 0.25) is 19.1 Å². The highest BCUT2D eigenvalue weighted by molar-refractivity contribution is 6.55. The van der Waals surface area contributed by atoms with Gasteiger partial charge in [0.15, 0.2) is 0 Å². The molecule has 0 saturated heterocycles. The highest BCUT2D eigenvalue weighted by Gasteiger charge is 2.07. The Balaban J connectivity index is 3.32. The smallest absolute Gasteiger partial charge is 0.308 e. The number of carbonyl (C=O) groups excluding carboxylic acids is 1. The van der Waals surface area contributed by atoms with Gasteiger partial charge >= 0.3 is 5.97 Å². The van der Waals surface area contributed by atoms with Crippen molar-refractivity contribution in [2.24, 2.45) is 5.92 Å². The van der Waals surface area contributed by atoms with Crippen molar-refractivity contribution in [2.75, 3.05) is 6.61 Å². The third-order valence-corrected chi connectivity index (χ3v) is 2.52. The molecule has 0 unspecified atom stereocenters. The van der Waals surface area contributed by atoms with E-state index in [0.29, 0.717) is 6.61 Å². The zero-order chi connectivity index (χ0) is 8.85. The second-order valence-corrected chi connectivity index (χ2v) is 6.19. The fourth-order valence-corrected chi connectivity index (χ4v) is 1.03. The van der Waals surface area contributed by atoms with Crippen molar-refractivity contribution in [3.63, 3.8) is 0 Å². The normalized spacial score (nSPS) is 10.7. The third kappa shape index (κ3) is 6.10. The van der Waals surface area contributed by atoms with Gasteiger partial charge in [-0.25, -0.2) is 0 Å². The van der Waals surface area contributed by atoms with Gasteiger partial charge in [0.05, 0.1) is 12.5 Å². The van der Waals surface area contributed by atoms with Crippen LogP contribution < -0.4 is 0 Å². The summed E-state index contributed by atoms with van der Waals surface area (Å²) in [7, 11) is -0.233. The fraction of sp³-hybridized carbons (Fsp3) is 0.875. The predicted octanol–water partition coefficient (Wildman–Crippen LogP) is 1.94. The van der Waals surface area contributed by atoms with Gasteiger partial charge in [-0.2, -0.15) is 0 Å². The summed E-state index contributed by atoms with van der Waals surface area (Å²) in [6.45, 7) is 8.75. The van der Waals surface area contributed by atoms with E-state index in [2.05, 4.69) is 13.1 Å². The Morgan fingerprint density at radius 3 is 2.36 bits per heavy atom. The molecule has 65 valence electrons. The van der Waals surface area contributed by atoms with Crippen molar-refractivity contribution < 1.29 is 9.53 Å². The fourth-order valence-electron chi connectivity index (χ4n) is 0.522. The summed E-state index contributed by atoms with van der Waals surface area (Å²) in [5.41, 5.74) is 0. The second-order valence-electron chi connectivity index (χ2n) is 3.28. The first kappa shape index (κ1) is 10.7. The largest absolute Gasteiger partial charge is 0.466 e. The molecule has 0 bridgehead atoms. The van der Waals surface area contributed by atoms with E-state index in [0.717, 1.165) is 6.04 Å². The minimum atomic E-state index is -0.233. The molecule has 11 heavy (non-hydrogen) atoms. The van der Waals surface area contributed by atoms with Crippen molar-refractivity contribution in [1.29, 1.82) is 0 Å². The van der Waals surface area contributed by atoms with Crippen LogP contribution >= 0.6 is 0 Å². The van der Waals surface area contributed by atoms with E-state index in [1.165, 1.54) is 0 Å². The Hall–Kier alpha value is -0.313. The number of rotatable bonds is 4. The van der Waals surface area contributed by atoms with Crippen LogP contribution in [0.3, 0.4) is 0 Å². The van der Waals surface area contributed by atoms with Gasteiger partial charge in [-0.1, -0.05) is 26.9 Å². The van der Waals surface area contributed by atoms with E-state index in [9.17, 15) is 4.79 Å². The first-order valence-corrected chi connectivity index (χ1v) is 6.70. The van der Waals surface area contributed by atoms with Gasteiger partial charge < -0.3 is 4.74 Å². The average molecular weight is 173 g/mol. The minimum Gasteiger partial charge on any atom is -0.466 e. The van der Waals surface area contributed by atoms with Crippen molar-refractivity contribution in [1.82, 2.24) is 0 Å². The Morgan fingerprint density at radius 1 is 1.45 bits per heavy atom. The average Bonchev–Trinajstić information content (AvgIpc) is 1.86. The molecule has 0 N–H and O–H groups in total. The molecule has 0 aromatic carbocycles. The molecule has 0 rings (SSSR count). The van der Waals surface area contributed by atoms with Gasteiger partial charge in [0.25, 0.3) is 0 Å². The first-order valence-electron chi connectivity index (χ1n) is 3.99. The summed E-state index contributed by atoms with van der Waals surface area (Å²) in [6, 6.07) is 1.06. The maximum absolute atomic E-state index is 10.9. The maximum atomic E-state index is 10.9. The summed E-state index contributed by atoms with van der Waals surface area (Å²) < 4.78 is 5.00. The predicted molar refractivity (Wildman–Crippen MR) is 48.1 cm³/mol. The SMILES string of the molecule is CC(C)C(=O)OCC[Si](C)C. The number of ether oxygens (including phenoxy) is 1. The lowest BCUT2D eigenvalue weighted by atomic mass is 10.2. The highest BCUT2D eigenvalue weighted by atomic mass is 28.3. The quantitative estimate of drug-likeness (QED) is 0.480. The van der Waals surface area contributed by atoms with Crippen LogP contribution in [0.4, 0.5) is 0 Å². The summed E-state index contributed by atoms with van der Waals surface area (Å²) in [5, 5.41) is 0. The molecule has 0 atom stereocenters. The molecule has 1 radical (unpaired) electrons. The molecule has 0 aliphatic heterocycles. The maximum Gasteiger partial charge on any atom is 0.308 e. The molecule has 0 amide bonds. The molecule has 3 heteroatoms. The van der Waals surface area contributed by atoms with Gasteiger partial charge in [-0.3, -0.25) is 4.79 Å². The van der Waals surface area contributed by atoms with Crippen LogP contribution in [-0.2, 0) is 9.53 Å². The molecule has 0 aromatic heterocycles. The monoisotopic (exact) mass is 173 g/mol. The highest BCUT2D eigenvalue weighted by Crippen LogP contribution is 1.98. The third-order valence-electron chi connectivity index (χ3n) is 1.32. The first-order chi connectivity index (χ1) is 5.04. The summed E-state index contributed by atoms with van der Waals surface area (Å²) >= 11 is 0. The topological polar surface area (TPSA) is 26.3 Å². The Bertz CT molecular complexity index is 121. The van der Waals surface area contributed by atoms with Crippen LogP contribution in [0.5, 0.6) is 0 Å². The number of hydrogen-bond donors (Lipinski definition) is 0. The molecule has 2 nitrogen and oxygen atoms in total. The van der Waals surface area contributed by atoms with E-state index < -0.39 is 0 Å². The molecule has 0 heterocycles. The standard InChI is InChI=1S/C8H17O2Si/c1-7(2)8(9)10-5-6-11(3)4/h7H,5-6H2,1-4H3. The Kier molecular flexibility index (Phi) is 5.20. The lowest BCUT2D eigenvalue weighted by molar-refractivity contribution is -0.146. The molecule has 0 saturated carbocycles. The molecule has 0 fully saturated rings. The summed E-state index contributed by atoms with van der Waals surface area (Å²) in [6.07, 6.45) is 0. The van der Waals surface area contributed by atoms with Crippen molar-refractivity contribution in [2.45, 2.75) is 33.0 Å². The zero-order valence-corrected chi connectivity index (χ0v) is 8.81. The van der Waals surface area contributed by atoms with Crippen LogP contribution in [0, 0.1) is 5.92 Å². The van der Waals surface area contributed by atoms with Crippen molar-refractivity contribution in [3.8, 4) is 0 Å².